The largest absolute Gasteiger partial charge is 0.423 e. The fourth-order valence-electron chi connectivity index (χ4n) is 5.20. The Bertz CT molecular complexity index is 1160. The Balaban J connectivity index is 1.07. The first-order valence-electron chi connectivity index (χ1n) is 12.6. The summed E-state index contributed by atoms with van der Waals surface area (Å²) in [6, 6.07) is -0.166. The highest BCUT2D eigenvalue weighted by Gasteiger charge is 2.42. The van der Waals surface area contributed by atoms with E-state index in [2.05, 4.69) is 25.3 Å². The summed E-state index contributed by atoms with van der Waals surface area (Å²) < 4.78 is 45.1. The van der Waals surface area contributed by atoms with Crippen LogP contribution in [0.2, 0.25) is 0 Å². The van der Waals surface area contributed by atoms with Crippen LogP contribution in [0.25, 0.3) is 0 Å². The molecule has 3 atom stereocenters. The van der Waals surface area contributed by atoms with Crippen LogP contribution in [0, 0.1) is 0 Å². The topological polar surface area (TPSA) is 116 Å². The minimum Gasteiger partial charge on any atom is -0.379 e. The average Bonchev–Trinajstić information content (AvgIpc) is 3.66. The van der Waals surface area contributed by atoms with Crippen molar-refractivity contribution in [2.75, 3.05) is 36.5 Å². The number of nitrogens with one attached hydrogen (secondary N) is 2. The van der Waals surface area contributed by atoms with Crippen molar-refractivity contribution >= 4 is 17.5 Å². The van der Waals surface area contributed by atoms with Gasteiger partial charge in [-0.15, -0.1) is 0 Å². The van der Waals surface area contributed by atoms with Crippen molar-refractivity contribution in [3.63, 3.8) is 0 Å². The number of carbonyl (C=O) groups excluding carboxylic acids is 1. The summed E-state index contributed by atoms with van der Waals surface area (Å²) in [5.41, 5.74) is -1.86. The smallest absolute Gasteiger partial charge is 0.379 e. The van der Waals surface area contributed by atoms with Crippen LogP contribution < -0.4 is 15.8 Å². The Hall–Kier alpha value is -3.22. The SMILES string of the molecule is C[C@@H](COCCC(=O)N1CC2CCC(C1)N2c1ncc(C2CC2)cn1)Nc1cn[nH]c(=O)c1C(F)(F)F. The zero-order chi connectivity index (χ0) is 26.2. The number of fused-ring (bicyclic) bond motifs is 2. The van der Waals surface area contributed by atoms with Gasteiger partial charge in [0, 0.05) is 43.6 Å². The molecule has 2 aliphatic heterocycles. The number of aromatic amines is 1. The van der Waals surface area contributed by atoms with Crippen LogP contribution in [-0.4, -0.2) is 75.4 Å². The monoisotopic (exact) mass is 521 g/mol. The highest BCUT2D eigenvalue weighted by molar-refractivity contribution is 5.77. The zero-order valence-corrected chi connectivity index (χ0v) is 20.5. The van der Waals surface area contributed by atoms with Gasteiger partial charge in [-0.1, -0.05) is 0 Å². The summed E-state index contributed by atoms with van der Waals surface area (Å²) in [4.78, 5) is 37.7. The van der Waals surface area contributed by atoms with Gasteiger partial charge in [-0.3, -0.25) is 9.59 Å². The number of anilines is 2. The maximum absolute atomic E-state index is 13.2. The molecule has 3 fully saturated rings. The molecule has 37 heavy (non-hydrogen) atoms. The van der Waals surface area contributed by atoms with E-state index in [0.29, 0.717) is 19.0 Å². The lowest BCUT2D eigenvalue weighted by molar-refractivity contribution is -0.138. The molecule has 2 saturated heterocycles. The fraction of sp³-hybridized carbons (Fsp3) is 0.625. The molecule has 2 N–H and O–H groups in total. The second-order valence-electron chi connectivity index (χ2n) is 10.0. The van der Waals surface area contributed by atoms with Crippen LogP contribution >= 0.6 is 0 Å². The van der Waals surface area contributed by atoms with Gasteiger partial charge in [0.25, 0.3) is 5.56 Å². The number of ether oxygens (including phenoxy) is 1. The van der Waals surface area contributed by atoms with Gasteiger partial charge in [-0.25, -0.2) is 15.1 Å². The summed E-state index contributed by atoms with van der Waals surface area (Å²) in [6.45, 7) is 3.05. The Kier molecular flexibility index (Phi) is 7.06. The fourth-order valence-corrected chi connectivity index (χ4v) is 5.20. The Morgan fingerprint density at radius 1 is 1.16 bits per heavy atom. The van der Waals surface area contributed by atoms with Crippen molar-refractivity contribution in [1.29, 1.82) is 0 Å². The molecule has 3 aliphatic rings. The number of hydrogen-bond donors (Lipinski definition) is 2. The Morgan fingerprint density at radius 2 is 1.84 bits per heavy atom. The molecule has 4 heterocycles. The Morgan fingerprint density at radius 3 is 2.46 bits per heavy atom. The first-order chi connectivity index (χ1) is 17.7. The maximum atomic E-state index is 13.2. The third kappa shape index (κ3) is 5.71. The van der Waals surface area contributed by atoms with E-state index in [9.17, 15) is 22.8 Å². The van der Waals surface area contributed by atoms with Crippen molar-refractivity contribution in [3.05, 3.63) is 40.1 Å². The molecular formula is C24H30F3N7O3. The summed E-state index contributed by atoms with van der Waals surface area (Å²) in [5.74, 6) is 1.33. The van der Waals surface area contributed by atoms with Gasteiger partial charge in [-0.2, -0.15) is 18.3 Å². The number of piperazine rings is 1. The third-order valence-electron chi connectivity index (χ3n) is 7.14. The quantitative estimate of drug-likeness (QED) is 0.484. The number of likely N-dealkylation sites (tertiary alicyclic amines) is 1. The molecule has 0 spiro atoms. The molecule has 5 rings (SSSR count). The zero-order valence-electron chi connectivity index (χ0n) is 20.5. The molecule has 200 valence electrons. The predicted octanol–water partition coefficient (Wildman–Crippen LogP) is 2.54. The van der Waals surface area contributed by atoms with E-state index in [-0.39, 0.29) is 37.6 Å². The molecule has 13 heteroatoms. The van der Waals surface area contributed by atoms with E-state index in [4.69, 9.17) is 4.74 Å². The first-order valence-corrected chi connectivity index (χ1v) is 12.6. The van der Waals surface area contributed by atoms with Gasteiger partial charge in [0.05, 0.1) is 31.5 Å². The summed E-state index contributed by atoms with van der Waals surface area (Å²) in [6.07, 6.45) is 4.53. The molecule has 0 radical (unpaired) electrons. The molecule has 1 saturated carbocycles. The number of alkyl halides is 3. The number of aromatic nitrogens is 4. The van der Waals surface area contributed by atoms with Gasteiger partial charge < -0.3 is 19.9 Å². The first kappa shape index (κ1) is 25.4. The number of hydrogen-bond acceptors (Lipinski definition) is 8. The molecule has 2 unspecified atom stereocenters. The van der Waals surface area contributed by atoms with E-state index in [0.717, 1.165) is 25.0 Å². The number of amides is 1. The van der Waals surface area contributed by atoms with Crippen LogP contribution in [0.4, 0.5) is 24.8 Å². The lowest BCUT2D eigenvalue weighted by atomic mass is 10.2. The molecule has 10 nitrogen and oxygen atoms in total. The standard InChI is InChI=1S/C24H30F3N7O3/c1-14(31-19-10-30-32-22(36)21(19)24(25,26)27)13-37-7-6-20(35)33-11-17-4-5-18(12-33)34(17)23-28-8-16(9-29-23)15-2-3-15/h8-10,14-15,17-18H,2-7,11-13H2,1H3,(H2,31,32,36)/t14-,17?,18?/m0/s1. The van der Waals surface area contributed by atoms with Crippen molar-refractivity contribution in [1.82, 2.24) is 25.1 Å². The molecule has 2 bridgehead atoms. The van der Waals surface area contributed by atoms with E-state index in [1.54, 1.807) is 12.0 Å². The van der Waals surface area contributed by atoms with E-state index >= 15 is 0 Å². The van der Waals surface area contributed by atoms with E-state index < -0.39 is 29.0 Å². The van der Waals surface area contributed by atoms with Gasteiger partial charge in [0.2, 0.25) is 11.9 Å². The van der Waals surface area contributed by atoms with Crippen molar-refractivity contribution in [2.24, 2.45) is 0 Å². The van der Waals surface area contributed by atoms with Crippen molar-refractivity contribution in [3.8, 4) is 0 Å². The minimum atomic E-state index is -4.82. The molecule has 2 aromatic heterocycles. The van der Waals surface area contributed by atoms with Crippen LogP contribution in [0.15, 0.2) is 23.4 Å². The van der Waals surface area contributed by atoms with Gasteiger partial charge >= 0.3 is 6.18 Å². The molecule has 2 aromatic rings. The third-order valence-corrected chi connectivity index (χ3v) is 7.14. The second kappa shape index (κ2) is 10.3. The molecule has 1 aliphatic carbocycles. The summed E-state index contributed by atoms with van der Waals surface area (Å²) >= 11 is 0. The molecule has 1 amide bonds. The lowest BCUT2D eigenvalue weighted by Gasteiger charge is -2.41. The highest BCUT2D eigenvalue weighted by Crippen LogP contribution is 2.40. The molecule has 0 aromatic carbocycles. The normalized spacial score (nSPS) is 22.3. The van der Waals surface area contributed by atoms with Crippen LogP contribution in [-0.2, 0) is 15.7 Å². The van der Waals surface area contributed by atoms with Crippen molar-refractivity contribution < 1.29 is 22.7 Å². The maximum Gasteiger partial charge on any atom is 0.423 e. The Labute approximate surface area is 211 Å². The number of carbonyl (C=O) groups is 1. The van der Waals surface area contributed by atoms with Crippen LogP contribution in [0.1, 0.15) is 56.1 Å². The number of rotatable bonds is 9. The number of halogens is 3. The minimum absolute atomic E-state index is 0.0136. The summed E-state index contributed by atoms with van der Waals surface area (Å²) in [7, 11) is 0. The lowest BCUT2D eigenvalue weighted by Crippen LogP contribution is -2.56. The highest BCUT2D eigenvalue weighted by atomic mass is 19.4. The summed E-state index contributed by atoms with van der Waals surface area (Å²) in [5, 5.41) is 7.86. The van der Waals surface area contributed by atoms with Crippen LogP contribution in [0.5, 0.6) is 0 Å². The second-order valence-corrected chi connectivity index (χ2v) is 10.0. The predicted molar refractivity (Wildman–Crippen MR) is 128 cm³/mol. The molecular weight excluding hydrogens is 491 g/mol. The van der Waals surface area contributed by atoms with Crippen molar-refractivity contribution in [2.45, 2.75) is 69.2 Å². The van der Waals surface area contributed by atoms with Gasteiger partial charge in [0.15, 0.2) is 0 Å². The average molecular weight is 522 g/mol. The van der Waals surface area contributed by atoms with Gasteiger partial charge in [0.1, 0.15) is 5.56 Å². The van der Waals surface area contributed by atoms with E-state index in [1.807, 2.05) is 17.3 Å². The number of nitrogens with zero attached hydrogens (tertiary/aromatic N) is 5. The van der Waals surface area contributed by atoms with Crippen LogP contribution in [0.3, 0.4) is 0 Å². The number of H-pyrrole nitrogens is 1. The van der Waals surface area contributed by atoms with Gasteiger partial charge in [-0.05, 0) is 44.1 Å². The van der Waals surface area contributed by atoms with E-state index in [1.165, 1.54) is 18.4 Å².